The highest BCUT2D eigenvalue weighted by atomic mass is 35.5. The van der Waals surface area contributed by atoms with E-state index < -0.39 is 0 Å². The number of fused-ring (bicyclic) bond motifs is 1. The first-order valence-electron chi connectivity index (χ1n) is 5.44. The molecule has 0 aliphatic carbocycles. The Bertz CT molecular complexity index is 505. The van der Waals surface area contributed by atoms with Crippen LogP contribution >= 0.6 is 23.4 Å². The van der Waals surface area contributed by atoms with Crippen molar-refractivity contribution < 1.29 is 9.59 Å². The Morgan fingerprint density at radius 1 is 1.50 bits per heavy atom. The predicted octanol–water partition coefficient (Wildman–Crippen LogP) is 2.23. The van der Waals surface area contributed by atoms with E-state index in [1.807, 2.05) is 6.07 Å². The number of thioether (sulfide) groups is 1. The van der Waals surface area contributed by atoms with E-state index in [-0.39, 0.29) is 23.5 Å². The molecule has 0 saturated heterocycles. The predicted molar refractivity (Wildman–Crippen MR) is 73.0 cm³/mol. The van der Waals surface area contributed by atoms with Gasteiger partial charge < -0.3 is 10.2 Å². The molecule has 6 heteroatoms. The summed E-state index contributed by atoms with van der Waals surface area (Å²) in [5.41, 5.74) is 0.714. The van der Waals surface area contributed by atoms with E-state index >= 15 is 0 Å². The lowest BCUT2D eigenvalue weighted by atomic mass is 10.2. The number of hydrogen-bond acceptors (Lipinski definition) is 3. The minimum Gasteiger partial charge on any atom is -0.349 e. The molecule has 1 atom stereocenters. The number of benzene rings is 1. The first kappa shape index (κ1) is 13.2. The summed E-state index contributed by atoms with van der Waals surface area (Å²) < 4.78 is 0. The summed E-state index contributed by atoms with van der Waals surface area (Å²) in [7, 11) is 3.36. The van der Waals surface area contributed by atoms with Crippen LogP contribution in [0.1, 0.15) is 6.42 Å². The summed E-state index contributed by atoms with van der Waals surface area (Å²) in [6.45, 7) is 0. The molecule has 1 aliphatic heterocycles. The van der Waals surface area contributed by atoms with Crippen LogP contribution in [0.2, 0.25) is 5.02 Å². The molecule has 4 nitrogen and oxygen atoms in total. The van der Waals surface area contributed by atoms with Crippen molar-refractivity contribution in [1.29, 1.82) is 0 Å². The van der Waals surface area contributed by atoms with Gasteiger partial charge in [-0.3, -0.25) is 9.59 Å². The van der Waals surface area contributed by atoms with Gasteiger partial charge in [0.05, 0.1) is 10.9 Å². The van der Waals surface area contributed by atoms with Crippen LogP contribution in [-0.2, 0) is 9.59 Å². The fraction of sp³-hybridized carbons (Fsp3) is 0.333. The molecule has 0 fully saturated rings. The molecule has 18 heavy (non-hydrogen) atoms. The average Bonchev–Trinajstić information content (AvgIpc) is 2.30. The summed E-state index contributed by atoms with van der Waals surface area (Å²) in [4.78, 5) is 25.9. The van der Waals surface area contributed by atoms with Crippen LogP contribution in [0.3, 0.4) is 0 Å². The second kappa shape index (κ2) is 5.20. The molecule has 0 radical (unpaired) electrons. The Labute approximate surface area is 115 Å². The molecule has 1 aromatic rings. The Morgan fingerprint density at radius 2 is 2.22 bits per heavy atom. The van der Waals surface area contributed by atoms with E-state index in [0.717, 1.165) is 4.90 Å². The maximum absolute atomic E-state index is 11.9. The van der Waals surface area contributed by atoms with Gasteiger partial charge in [-0.25, -0.2) is 0 Å². The number of carbonyl (C=O) groups excluding carboxylic acids is 2. The summed E-state index contributed by atoms with van der Waals surface area (Å²) >= 11 is 7.27. The number of halogens is 1. The van der Waals surface area contributed by atoms with E-state index in [9.17, 15) is 9.59 Å². The third-order valence-electron chi connectivity index (χ3n) is 2.62. The molecule has 1 aliphatic rings. The zero-order valence-electron chi connectivity index (χ0n) is 10.1. The van der Waals surface area contributed by atoms with Crippen LogP contribution in [0, 0.1) is 0 Å². The Kier molecular flexibility index (Phi) is 3.82. The van der Waals surface area contributed by atoms with Gasteiger partial charge >= 0.3 is 0 Å². The standard InChI is InChI=1S/C12H13ClN2O2S/c1-15(2)11(16)6-10-12(17)14-8-5-7(13)3-4-9(8)18-10/h3-5,10H,6H2,1-2H3,(H,14,17). The monoisotopic (exact) mass is 284 g/mol. The third kappa shape index (κ3) is 2.79. The maximum Gasteiger partial charge on any atom is 0.238 e. The van der Waals surface area contributed by atoms with E-state index in [0.29, 0.717) is 10.7 Å². The molecule has 1 heterocycles. The summed E-state index contributed by atoms with van der Waals surface area (Å²) in [6.07, 6.45) is 0.200. The minimum atomic E-state index is -0.381. The molecule has 0 spiro atoms. The molecule has 0 saturated carbocycles. The molecule has 2 rings (SSSR count). The molecule has 0 aromatic heterocycles. The fourth-order valence-corrected chi connectivity index (χ4v) is 2.85. The molecule has 2 amide bonds. The fourth-order valence-electron chi connectivity index (χ4n) is 1.60. The number of carbonyl (C=O) groups is 2. The van der Waals surface area contributed by atoms with Crippen LogP contribution in [0.15, 0.2) is 23.1 Å². The van der Waals surface area contributed by atoms with Gasteiger partial charge in [-0.15, -0.1) is 11.8 Å². The van der Waals surface area contributed by atoms with E-state index in [2.05, 4.69) is 5.32 Å². The highest BCUT2D eigenvalue weighted by molar-refractivity contribution is 8.01. The Morgan fingerprint density at radius 3 is 2.89 bits per heavy atom. The average molecular weight is 285 g/mol. The lowest BCUT2D eigenvalue weighted by molar-refractivity contribution is -0.130. The summed E-state index contributed by atoms with van der Waals surface area (Å²) in [6, 6.07) is 5.34. The largest absolute Gasteiger partial charge is 0.349 e. The van der Waals surface area contributed by atoms with Gasteiger partial charge in [-0.2, -0.15) is 0 Å². The first-order valence-corrected chi connectivity index (χ1v) is 6.70. The van der Waals surface area contributed by atoms with Gasteiger partial charge in [0.1, 0.15) is 0 Å². The molecular formula is C12H13ClN2O2S. The first-order chi connectivity index (χ1) is 8.47. The summed E-state index contributed by atoms with van der Waals surface area (Å²) in [5, 5.41) is 2.98. The number of rotatable bonds is 2. The molecule has 1 N–H and O–H groups in total. The normalized spacial score (nSPS) is 17.9. The van der Waals surface area contributed by atoms with Crippen LogP contribution in [-0.4, -0.2) is 36.1 Å². The topological polar surface area (TPSA) is 49.4 Å². The second-order valence-corrected chi connectivity index (χ2v) is 5.91. The van der Waals surface area contributed by atoms with Gasteiger partial charge in [0.25, 0.3) is 0 Å². The Balaban J connectivity index is 2.16. The van der Waals surface area contributed by atoms with Gasteiger partial charge in [0.2, 0.25) is 11.8 Å². The molecular weight excluding hydrogens is 272 g/mol. The SMILES string of the molecule is CN(C)C(=O)CC1Sc2ccc(Cl)cc2NC1=O. The number of hydrogen-bond donors (Lipinski definition) is 1. The highest BCUT2D eigenvalue weighted by Crippen LogP contribution is 2.38. The highest BCUT2D eigenvalue weighted by Gasteiger charge is 2.29. The van der Waals surface area contributed by atoms with Gasteiger partial charge in [-0.05, 0) is 18.2 Å². The lowest BCUT2D eigenvalue weighted by Crippen LogP contribution is -2.34. The van der Waals surface area contributed by atoms with Crippen molar-refractivity contribution in [2.75, 3.05) is 19.4 Å². The van der Waals surface area contributed by atoms with Gasteiger partial charge in [-0.1, -0.05) is 11.6 Å². The molecule has 1 aromatic carbocycles. The smallest absolute Gasteiger partial charge is 0.238 e. The number of nitrogens with one attached hydrogen (secondary N) is 1. The summed E-state index contributed by atoms with van der Waals surface area (Å²) in [5.74, 6) is -0.204. The molecule has 96 valence electrons. The number of nitrogens with zero attached hydrogens (tertiary/aromatic N) is 1. The van der Waals surface area contributed by atoms with Crippen molar-refractivity contribution in [3.05, 3.63) is 23.2 Å². The Hall–Kier alpha value is -1.20. The van der Waals surface area contributed by atoms with Crippen molar-refractivity contribution in [3.8, 4) is 0 Å². The van der Waals surface area contributed by atoms with Crippen LogP contribution in [0.5, 0.6) is 0 Å². The van der Waals surface area contributed by atoms with Gasteiger partial charge in [0.15, 0.2) is 0 Å². The van der Waals surface area contributed by atoms with Crippen molar-refractivity contribution in [3.63, 3.8) is 0 Å². The minimum absolute atomic E-state index is 0.0555. The van der Waals surface area contributed by atoms with Crippen molar-refractivity contribution >= 4 is 40.9 Å². The molecule has 1 unspecified atom stereocenters. The van der Waals surface area contributed by atoms with E-state index in [4.69, 9.17) is 11.6 Å². The van der Waals surface area contributed by atoms with E-state index in [1.54, 1.807) is 26.2 Å². The number of amides is 2. The molecule has 0 bridgehead atoms. The van der Waals surface area contributed by atoms with Crippen molar-refractivity contribution in [2.24, 2.45) is 0 Å². The zero-order valence-corrected chi connectivity index (χ0v) is 11.6. The quantitative estimate of drug-likeness (QED) is 0.906. The van der Waals surface area contributed by atoms with Crippen LogP contribution in [0.25, 0.3) is 0 Å². The second-order valence-electron chi connectivity index (χ2n) is 4.23. The van der Waals surface area contributed by atoms with Crippen molar-refractivity contribution in [2.45, 2.75) is 16.6 Å². The zero-order chi connectivity index (χ0) is 13.3. The van der Waals surface area contributed by atoms with E-state index in [1.165, 1.54) is 16.7 Å². The van der Waals surface area contributed by atoms with Gasteiger partial charge in [0, 0.05) is 30.4 Å². The maximum atomic E-state index is 11.9. The van der Waals surface area contributed by atoms with Crippen LogP contribution in [0.4, 0.5) is 5.69 Å². The lowest BCUT2D eigenvalue weighted by Gasteiger charge is -2.24. The van der Waals surface area contributed by atoms with Crippen LogP contribution < -0.4 is 5.32 Å². The number of anilines is 1. The van der Waals surface area contributed by atoms with Crippen molar-refractivity contribution in [1.82, 2.24) is 4.90 Å². The third-order valence-corrected chi connectivity index (χ3v) is 4.13.